The number of nitrogens with one attached hydrogen (secondary N) is 1. The van der Waals surface area contributed by atoms with E-state index < -0.39 is 0 Å². The van der Waals surface area contributed by atoms with E-state index in [9.17, 15) is 5.21 Å². The van der Waals surface area contributed by atoms with Gasteiger partial charge in [-0.1, -0.05) is 0 Å². The first-order chi connectivity index (χ1) is 3.18. The van der Waals surface area contributed by atoms with Crippen LogP contribution < -0.4 is 0 Å². The maximum Gasteiger partial charge on any atom is 0.0578 e. The fourth-order valence-corrected chi connectivity index (χ4v) is 0.122. The monoisotopic (exact) mass is 105 g/mol. The van der Waals surface area contributed by atoms with Gasteiger partial charge in [0.05, 0.1) is 7.11 Å². The molecule has 0 aromatic carbocycles. The molecule has 0 amide bonds. The summed E-state index contributed by atoms with van der Waals surface area (Å²) >= 11 is 0. The van der Waals surface area contributed by atoms with E-state index in [2.05, 4.69) is 4.84 Å². The van der Waals surface area contributed by atoms with Gasteiger partial charge in [0.15, 0.2) is 0 Å². The SMILES string of the molecule is CON([O-])N(C)[NH-]. The predicted molar refractivity (Wildman–Crippen MR) is 24.3 cm³/mol. The van der Waals surface area contributed by atoms with Crippen molar-refractivity contribution in [3.05, 3.63) is 11.0 Å². The Kier molecular flexibility index (Phi) is 2.81. The number of hydrazine groups is 1. The van der Waals surface area contributed by atoms with Crippen LogP contribution in [0.2, 0.25) is 0 Å². The Hall–Kier alpha value is -0.200. The molecule has 0 unspecified atom stereocenters. The van der Waals surface area contributed by atoms with Gasteiger partial charge >= 0.3 is 0 Å². The molecule has 0 aliphatic heterocycles. The molecule has 0 saturated heterocycles. The number of nitrogens with zero attached hydrogens (tertiary/aromatic N) is 2. The Bertz CT molecular complexity index is 48.2. The van der Waals surface area contributed by atoms with E-state index in [4.69, 9.17) is 5.84 Å². The van der Waals surface area contributed by atoms with Gasteiger partial charge in [-0.2, -0.15) is 0 Å². The standard InChI is InChI=1S/C2H7N3O2/c1-4(3)5(6)7-2/h3H,1-2H3/q-2. The Morgan fingerprint density at radius 3 is 2.14 bits per heavy atom. The van der Waals surface area contributed by atoms with Gasteiger partial charge in [0, 0.05) is 0 Å². The van der Waals surface area contributed by atoms with E-state index in [1.165, 1.54) is 14.2 Å². The van der Waals surface area contributed by atoms with Crippen molar-refractivity contribution in [3.63, 3.8) is 0 Å². The summed E-state index contributed by atoms with van der Waals surface area (Å²) in [5.41, 5.74) is 0. The molecular weight excluding hydrogens is 98.0 g/mol. The maximum atomic E-state index is 9.94. The molecule has 0 bridgehead atoms. The average molecular weight is 105 g/mol. The lowest BCUT2D eigenvalue weighted by molar-refractivity contribution is -0.200. The van der Waals surface area contributed by atoms with Crippen LogP contribution in [0.3, 0.4) is 0 Å². The van der Waals surface area contributed by atoms with E-state index in [-0.39, 0.29) is 5.34 Å². The molecule has 0 saturated carbocycles. The highest BCUT2D eigenvalue weighted by atomic mass is 16.9. The van der Waals surface area contributed by atoms with Gasteiger partial charge in [0.25, 0.3) is 0 Å². The van der Waals surface area contributed by atoms with Gasteiger partial charge in [0.1, 0.15) is 0 Å². The second-order valence-corrected chi connectivity index (χ2v) is 0.944. The van der Waals surface area contributed by atoms with Crippen LogP contribution in [0, 0.1) is 5.21 Å². The zero-order chi connectivity index (χ0) is 5.86. The van der Waals surface area contributed by atoms with E-state index in [0.717, 1.165) is 0 Å². The molecule has 0 spiro atoms. The van der Waals surface area contributed by atoms with Gasteiger partial charge in [-0.25, -0.2) is 5.34 Å². The van der Waals surface area contributed by atoms with E-state index in [1.54, 1.807) is 0 Å². The van der Waals surface area contributed by atoms with Crippen molar-refractivity contribution in [2.45, 2.75) is 0 Å². The molecule has 0 aliphatic carbocycles. The van der Waals surface area contributed by atoms with Crippen LogP contribution in [-0.4, -0.2) is 24.6 Å². The predicted octanol–water partition coefficient (Wildman–Crippen LogP) is 0.162. The van der Waals surface area contributed by atoms with Crippen LogP contribution in [0.25, 0.3) is 5.84 Å². The van der Waals surface area contributed by atoms with Crippen molar-refractivity contribution in [1.82, 2.24) is 10.5 Å². The van der Waals surface area contributed by atoms with Crippen LogP contribution in [0.5, 0.6) is 0 Å². The summed E-state index contributed by atoms with van der Waals surface area (Å²) in [5.74, 6) is 6.51. The van der Waals surface area contributed by atoms with Crippen LogP contribution in [0.4, 0.5) is 0 Å². The topological polar surface area (TPSA) is 62.6 Å². The minimum Gasteiger partial charge on any atom is -0.749 e. The summed E-state index contributed by atoms with van der Waals surface area (Å²) < 4.78 is 0. The van der Waals surface area contributed by atoms with Gasteiger partial charge < -0.3 is 21.0 Å². The lowest BCUT2D eigenvalue weighted by Gasteiger charge is -2.37. The number of rotatable bonds is 2. The normalized spacial score (nSPS) is 11.1. The van der Waals surface area contributed by atoms with Crippen molar-refractivity contribution in [1.29, 1.82) is 0 Å². The minimum atomic E-state index is 0.0417. The lowest BCUT2D eigenvalue weighted by Crippen LogP contribution is -2.27. The summed E-state index contributed by atoms with van der Waals surface area (Å²) in [4.78, 5) is 4.03. The first-order valence-electron chi connectivity index (χ1n) is 1.64. The van der Waals surface area contributed by atoms with Crippen molar-refractivity contribution in [2.75, 3.05) is 14.2 Å². The third kappa shape index (κ3) is 2.49. The summed E-state index contributed by atoms with van der Waals surface area (Å²) in [6, 6.07) is 0. The smallest absolute Gasteiger partial charge is 0.0578 e. The molecule has 0 aliphatic rings. The summed E-state index contributed by atoms with van der Waals surface area (Å²) in [6.45, 7) is 0. The van der Waals surface area contributed by atoms with Gasteiger partial charge in [-0.3, -0.25) is 0 Å². The van der Waals surface area contributed by atoms with Crippen LogP contribution >= 0.6 is 0 Å². The fraction of sp³-hybridized carbons (Fsp3) is 1.00. The first kappa shape index (κ1) is 6.80. The van der Waals surface area contributed by atoms with Crippen molar-refractivity contribution < 1.29 is 4.84 Å². The molecule has 0 aromatic heterocycles. The zero-order valence-electron chi connectivity index (χ0n) is 4.21. The Morgan fingerprint density at radius 2 is 2.14 bits per heavy atom. The molecular formula is C2H7N3O2-2. The van der Waals surface area contributed by atoms with Crippen LogP contribution in [0.1, 0.15) is 0 Å². The molecule has 44 valence electrons. The molecule has 5 heteroatoms. The van der Waals surface area contributed by atoms with Crippen molar-refractivity contribution in [3.8, 4) is 0 Å². The summed E-state index contributed by atoms with van der Waals surface area (Å²) in [5, 5.41) is 10.5. The fourth-order valence-electron chi connectivity index (χ4n) is 0.122. The largest absolute Gasteiger partial charge is 0.749 e. The molecule has 7 heavy (non-hydrogen) atoms. The third-order valence-electron chi connectivity index (χ3n) is 0.401. The zero-order valence-corrected chi connectivity index (χ0v) is 4.21. The molecule has 1 N–H and O–H groups in total. The number of hydrogen-bond donors (Lipinski definition) is 0. The highest BCUT2D eigenvalue weighted by molar-refractivity contribution is 4.36. The average Bonchev–Trinajstić information content (AvgIpc) is 1.65. The highest BCUT2D eigenvalue weighted by Crippen LogP contribution is 1.87. The second-order valence-electron chi connectivity index (χ2n) is 0.944. The van der Waals surface area contributed by atoms with Gasteiger partial charge in [-0.05, 0) is 7.05 Å². The van der Waals surface area contributed by atoms with Crippen molar-refractivity contribution >= 4 is 0 Å². The Morgan fingerprint density at radius 1 is 1.71 bits per heavy atom. The van der Waals surface area contributed by atoms with Crippen molar-refractivity contribution in [2.24, 2.45) is 0 Å². The minimum absolute atomic E-state index is 0.0417. The highest BCUT2D eigenvalue weighted by Gasteiger charge is 1.77. The first-order valence-corrected chi connectivity index (χ1v) is 1.64. The number of hydrogen-bond acceptors (Lipinski definition) is 4. The van der Waals surface area contributed by atoms with E-state index in [1.807, 2.05) is 0 Å². The quantitative estimate of drug-likeness (QED) is 0.469. The van der Waals surface area contributed by atoms with Gasteiger partial charge in [0.2, 0.25) is 0 Å². The van der Waals surface area contributed by atoms with Gasteiger partial charge in [-0.15, -0.1) is 0 Å². The van der Waals surface area contributed by atoms with Crippen LogP contribution in [-0.2, 0) is 4.84 Å². The summed E-state index contributed by atoms with van der Waals surface area (Å²) in [6.07, 6.45) is 0. The second kappa shape index (κ2) is 2.89. The molecule has 5 nitrogen and oxygen atoms in total. The molecule has 0 aromatic rings. The molecule has 0 atom stereocenters. The molecule has 0 fully saturated rings. The van der Waals surface area contributed by atoms with E-state index in [0.29, 0.717) is 5.12 Å². The lowest BCUT2D eigenvalue weighted by atomic mass is 11.4. The van der Waals surface area contributed by atoms with E-state index >= 15 is 0 Å². The Labute approximate surface area is 41.7 Å². The third-order valence-corrected chi connectivity index (χ3v) is 0.401. The molecule has 0 rings (SSSR count). The molecule has 0 radical (unpaired) electrons. The van der Waals surface area contributed by atoms with Crippen LogP contribution in [0.15, 0.2) is 0 Å². The maximum absolute atomic E-state index is 9.94. The summed E-state index contributed by atoms with van der Waals surface area (Å²) in [7, 11) is 2.45. The molecule has 0 heterocycles. The Balaban J connectivity index is 3.14.